The van der Waals surface area contributed by atoms with Gasteiger partial charge in [-0.25, -0.2) is 0 Å². The molecule has 0 spiro atoms. The zero-order chi connectivity index (χ0) is 12.3. The van der Waals surface area contributed by atoms with Crippen LogP contribution in [0.15, 0.2) is 30.3 Å². The van der Waals surface area contributed by atoms with Crippen LogP contribution in [0.25, 0.3) is 0 Å². The summed E-state index contributed by atoms with van der Waals surface area (Å²) in [5, 5.41) is 0. The van der Waals surface area contributed by atoms with E-state index < -0.39 is 18.1 Å². The summed E-state index contributed by atoms with van der Waals surface area (Å²) in [6.45, 7) is 1.55. The highest BCUT2D eigenvalue weighted by molar-refractivity contribution is 5.82. The molecular formula is C11H12F3NO. The molecule has 2 nitrogen and oxygen atoms in total. The summed E-state index contributed by atoms with van der Waals surface area (Å²) in [5.41, 5.74) is 0.669. The zero-order valence-corrected chi connectivity index (χ0v) is 8.95. The lowest BCUT2D eigenvalue weighted by molar-refractivity contribution is -0.186. The van der Waals surface area contributed by atoms with Gasteiger partial charge >= 0.3 is 12.1 Å². The van der Waals surface area contributed by atoms with Crippen LogP contribution in [0.1, 0.15) is 18.5 Å². The second-order valence-electron chi connectivity index (χ2n) is 3.50. The molecule has 1 unspecified atom stereocenters. The summed E-state index contributed by atoms with van der Waals surface area (Å²) in [6.07, 6.45) is -4.82. The van der Waals surface area contributed by atoms with Gasteiger partial charge in [-0.2, -0.15) is 13.2 Å². The number of nitrogens with zero attached hydrogens (tertiary/aromatic N) is 1. The van der Waals surface area contributed by atoms with Crippen LogP contribution < -0.4 is 0 Å². The lowest BCUT2D eigenvalue weighted by Crippen LogP contribution is -2.39. The molecule has 0 saturated heterocycles. The SMILES string of the molecule is CC(c1ccccc1)N(C)C(=O)C(F)(F)F. The predicted octanol–water partition coefficient (Wildman–Crippen LogP) is 2.77. The first-order valence-electron chi connectivity index (χ1n) is 4.73. The fourth-order valence-corrected chi connectivity index (χ4v) is 1.33. The summed E-state index contributed by atoms with van der Waals surface area (Å²) in [4.78, 5) is 11.7. The Bertz CT molecular complexity index is 361. The van der Waals surface area contributed by atoms with Gasteiger partial charge in [0, 0.05) is 7.05 Å². The van der Waals surface area contributed by atoms with Gasteiger partial charge in [0.2, 0.25) is 0 Å². The minimum Gasteiger partial charge on any atom is -0.331 e. The van der Waals surface area contributed by atoms with Crippen LogP contribution in [-0.2, 0) is 4.79 Å². The van der Waals surface area contributed by atoms with Gasteiger partial charge in [0.15, 0.2) is 0 Å². The van der Waals surface area contributed by atoms with Gasteiger partial charge in [-0.3, -0.25) is 4.79 Å². The number of halogens is 3. The first kappa shape index (κ1) is 12.5. The number of rotatable bonds is 2. The number of benzene rings is 1. The number of carbonyl (C=O) groups excluding carboxylic acids is 1. The normalized spacial score (nSPS) is 13.3. The summed E-state index contributed by atoms with van der Waals surface area (Å²) in [5.74, 6) is -1.83. The number of hydrogen-bond acceptors (Lipinski definition) is 1. The number of carbonyl (C=O) groups is 1. The van der Waals surface area contributed by atoms with Crippen molar-refractivity contribution in [3.8, 4) is 0 Å². The lowest BCUT2D eigenvalue weighted by atomic mass is 10.1. The number of amides is 1. The van der Waals surface area contributed by atoms with Crippen molar-refractivity contribution in [1.29, 1.82) is 0 Å². The van der Waals surface area contributed by atoms with Crippen LogP contribution in [0.2, 0.25) is 0 Å². The first-order chi connectivity index (χ1) is 7.34. The summed E-state index contributed by atoms with van der Waals surface area (Å²) in [6, 6.07) is 7.97. The zero-order valence-electron chi connectivity index (χ0n) is 8.95. The lowest BCUT2D eigenvalue weighted by Gasteiger charge is -2.26. The Labute approximate surface area is 91.7 Å². The standard InChI is InChI=1S/C11H12F3NO/c1-8(9-6-4-3-5-7-9)15(2)10(16)11(12,13)14/h3-8H,1-2H3. The van der Waals surface area contributed by atoms with Crippen molar-refractivity contribution in [1.82, 2.24) is 4.90 Å². The molecule has 1 aromatic rings. The maximum atomic E-state index is 12.2. The molecule has 0 saturated carbocycles. The van der Waals surface area contributed by atoms with Gasteiger partial charge in [0.1, 0.15) is 0 Å². The third-order valence-corrected chi connectivity index (χ3v) is 2.43. The highest BCUT2D eigenvalue weighted by atomic mass is 19.4. The van der Waals surface area contributed by atoms with Crippen molar-refractivity contribution < 1.29 is 18.0 Å². The Morgan fingerprint density at radius 2 is 1.75 bits per heavy atom. The predicted molar refractivity (Wildman–Crippen MR) is 53.7 cm³/mol. The summed E-state index contributed by atoms with van der Waals surface area (Å²) < 4.78 is 36.6. The first-order valence-corrected chi connectivity index (χ1v) is 4.73. The van der Waals surface area contributed by atoms with E-state index in [9.17, 15) is 18.0 Å². The average molecular weight is 231 g/mol. The van der Waals surface area contributed by atoms with Gasteiger partial charge in [-0.05, 0) is 12.5 Å². The van der Waals surface area contributed by atoms with Crippen LogP contribution in [-0.4, -0.2) is 24.0 Å². The van der Waals surface area contributed by atoms with E-state index >= 15 is 0 Å². The minimum atomic E-state index is -4.82. The smallest absolute Gasteiger partial charge is 0.331 e. The topological polar surface area (TPSA) is 20.3 Å². The summed E-state index contributed by atoms with van der Waals surface area (Å²) in [7, 11) is 1.15. The van der Waals surface area contributed by atoms with Gasteiger partial charge < -0.3 is 4.90 Å². The third-order valence-electron chi connectivity index (χ3n) is 2.43. The molecule has 88 valence electrons. The highest BCUT2D eigenvalue weighted by Gasteiger charge is 2.42. The molecule has 0 aliphatic carbocycles. The van der Waals surface area contributed by atoms with Crippen LogP contribution in [0, 0.1) is 0 Å². The van der Waals surface area contributed by atoms with E-state index in [0.29, 0.717) is 10.5 Å². The van der Waals surface area contributed by atoms with Gasteiger partial charge in [0.05, 0.1) is 6.04 Å². The highest BCUT2D eigenvalue weighted by Crippen LogP contribution is 2.24. The molecule has 0 fully saturated rings. The van der Waals surface area contributed by atoms with Gasteiger partial charge in [-0.1, -0.05) is 30.3 Å². The molecule has 0 bridgehead atoms. The van der Waals surface area contributed by atoms with E-state index in [-0.39, 0.29) is 0 Å². The molecule has 0 radical (unpaired) electrons. The van der Waals surface area contributed by atoms with Crippen molar-refractivity contribution in [3.05, 3.63) is 35.9 Å². The van der Waals surface area contributed by atoms with E-state index in [0.717, 1.165) is 7.05 Å². The van der Waals surface area contributed by atoms with E-state index in [1.807, 2.05) is 0 Å². The Balaban J connectivity index is 2.83. The fourth-order valence-electron chi connectivity index (χ4n) is 1.33. The molecule has 0 aliphatic rings. The molecule has 5 heteroatoms. The molecule has 0 heterocycles. The van der Waals surface area contributed by atoms with Gasteiger partial charge in [-0.15, -0.1) is 0 Å². The maximum Gasteiger partial charge on any atom is 0.471 e. The molecule has 1 atom stereocenters. The van der Waals surface area contributed by atoms with Crippen molar-refractivity contribution in [3.63, 3.8) is 0 Å². The number of hydrogen-bond donors (Lipinski definition) is 0. The summed E-state index contributed by atoms with van der Waals surface area (Å²) >= 11 is 0. The van der Waals surface area contributed by atoms with E-state index in [1.54, 1.807) is 37.3 Å². The van der Waals surface area contributed by atoms with Crippen LogP contribution in [0.3, 0.4) is 0 Å². The van der Waals surface area contributed by atoms with Crippen molar-refractivity contribution in [2.75, 3.05) is 7.05 Å². The van der Waals surface area contributed by atoms with Gasteiger partial charge in [0.25, 0.3) is 0 Å². The monoisotopic (exact) mass is 231 g/mol. The molecule has 0 aliphatic heterocycles. The Kier molecular flexibility index (Phi) is 3.57. The Morgan fingerprint density at radius 3 is 2.19 bits per heavy atom. The average Bonchev–Trinajstić information content (AvgIpc) is 2.26. The van der Waals surface area contributed by atoms with E-state index in [1.165, 1.54) is 0 Å². The molecule has 16 heavy (non-hydrogen) atoms. The quantitative estimate of drug-likeness (QED) is 0.766. The van der Waals surface area contributed by atoms with Crippen LogP contribution >= 0.6 is 0 Å². The van der Waals surface area contributed by atoms with Crippen molar-refractivity contribution in [2.24, 2.45) is 0 Å². The van der Waals surface area contributed by atoms with Crippen LogP contribution in [0.4, 0.5) is 13.2 Å². The molecule has 1 amide bonds. The Hall–Kier alpha value is -1.52. The second-order valence-corrected chi connectivity index (χ2v) is 3.50. The Morgan fingerprint density at radius 1 is 1.25 bits per heavy atom. The fraction of sp³-hybridized carbons (Fsp3) is 0.364. The molecule has 0 N–H and O–H groups in total. The largest absolute Gasteiger partial charge is 0.471 e. The van der Waals surface area contributed by atoms with Crippen molar-refractivity contribution >= 4 is 5.91 Å². The maximum absolute atomic E-state index is 12.2. The van der Waals surface area contributed by atoms with E-state index in [4.69, 9.17) is 0 Å². The number of alkyl halides is 3. The molecule has 1 aromatic carbocycles. The molecule has 1 rings (SSSR count). The van der Waals surface area contributed by atoms with Crippen molar-refractivity contribution in [2.45, 2.75) is 19.1 Å². The van der Waals surface area contributed by atoms with Crippen LogP contribution in [0.5, 0.6) is 0 Å². The molecule has 0 aromatic heterocycles. The third kappa shape index (κ3) is 2.74. The van der Waals surface area contributed by atoms with E-state index in [2.05, 4.69) is 0 Å². The second kappa shape index (κ2) is 4.55. The minimum absolute atomic E-state index is 0.602. The molecular weight excluding hydrogens is 219 g/mol.